The molecule has 11 rings (SSSR count). The van der Waals surface area contributed by atoms with E-state index >= 15 is 0 Å². The summed E-state index contributed by atoms with van der Waals surface area (Å²) in [5.41, 5.74) is 12.0. The third-order valence-corrected chi connectivity index (χ3v) is 11.8. The summed E-state index contributed by atoms with van der Waals surface area (Å²) in [6, 6.07) is 48.3. The van der Waals surface area contributed by atoms with E-state index < -0.39 is 0 Å². The Morgan fingerprint density at radius 3 is 2.07 bits per heavy atom. The molecule has 0 aliphatic heterocycles. The Hall–Kier alpha value is -5.18. The van der Waals surface area contributed by atoms with E-state index in [1.54, 1.807) is 0 Å². The fourth-order valence-electron chi connectivity index (χ4n) is 8.52. The van der Waals surface area contributed by atoms with Gasteiger partial charge in [0.05, 0.1) is 16.6 Å². The van der Waals surface area contributed by atoms with Crippen LogP contribution in [0.25, 0.3) is 91.3 Å². The number of para-hydroxylation sites is 1. The summed E-state index contributed by atoms with van der Waals surface area (Å²) in [6.45, 7) is 4.70. The third kappa shape index (κ3) is 2.98. The van der Waals surface area contributed by atoms with Crippen molar-refractivity contribution in [2.75, 3.05) is 0 Å². The standard InChI is InChI=1S/C43H27NS/c1-43(2)36-12-5-3-8-28(36)32-18-24(14-16-37(32)43)25-15-17-38-33(19-25)30-10-7-11-31-34-20-27-23-41-35(29-9-4-6-13-40(29)45-41)21-26(27)22-39(34)44(38)42(30)31/h3-23H,1-2H3. The lowest BCUT2D eigenvalue weighted by Crippen LogP contribution is -2.14. The Labute approximate surface area is 263 Å². The maximum Gasteiger partial charge on any atom is 0.0620 e. The average molecular weight is 590 g/mol. The first-order valence-electron chi connectivity index (χ1n) is 15.8. The minimum absolute atomic E-state index is 0.0229. The molecule has 3 heterocycles. The van der Waals surface area contributed by atoms with Gasteiger partial charge in [-0.15, -0.1) is 11.3 Å². The van der Waals surface area contributed by atoms with Crippen molar-refractivity contribution in [2.24, 2.45) is 0 Å². The van der Waals surface area contributed by atoms with Crippen LogP contribution in [0.1, 0.15) is 25.0 Å². The van der Waals surface area contributed by atoms with Crippen molar-refractivity contribution in [3.05, 3.63) is 139 Å². The van der Waals surface area contributed by atoms with Crippen LogP contribution >= 0.6 is 11.3 Å². The zero-order valence-electron chi connectivity index (χ0n) is 25.0. The second kappa shape index (κ2) is 8.10. The van der Waals surface area contributed by atoms with E-state index in [2.05, 4.69) is 146 Å². The van der Waals surface area contributed by atoms with Gasteiger partial charge in [-0.2, -0.15) is 0 Å². The number of benzene rings is 7. The minimum atomic E-state index is 0.0229. The molecule has 0 radical (unpaired) electrons. The van der Waals surface area contributed by atoms with Crippen molar-refractivity contribution in [3.63, 3.8) is 0 Å². The number of nitrogens with zero attached hydrogens (tertiary/aromatic N) is 1. The molecule has 45 heavy (non-hydrogen) atoms. The van der Waals surface area contributed by atoms with Gasteiger partial charge < -0.3 is 4.40 Å². The quantitative estimate of drug-likeness (QED) is 0.179. The largest absolute Gasteiger partial charge is 0.308 e. The van der Waals surface area contributed by atoms with E-state index in [9.17, 15) is 0 Å². The molecule has 0 unspecified atom stereocenters. The summed E-state index contributed by atoms with van der Waals surface area (Å²) >= 11 is 1.89. The predicted octanol–water partition coefficient (Wildman–Crippen LogP) is 12.3. The lowest BCUT2D eigenvalue weighted by Gasteiger charge is -2.21. The summed E-state index contributed by atoms with van der Waals surface area (Å²) in [6.07, 6.45) is 0. The van der Waals surface area contributed by atoms with Crippen LogP contribution in [0.15, 0.2) is 127 Å². The molecule has 0 atom stereocenters. The van der Waals surface area contributed by atoms with Gasteiger partial charge in [-0.05, 0) is 92.7 Å². The highest BCUT2D eigenvalue weighted by Crippen LogP contribution is 2.50. The van der Waals surface area contributed by atoms with Gasteiger partial charge >= 0.3 is 0 Å². The van der Waals surface area contributed by atoms with E-state index in [4.69, 9.17) is 0 Å². The van der Waals surface area contributed by atoms with Crippen molar-refractivity contribution < 1.29 is 0 Å². The van der Waals surface area contributed by atoms with Gasteiger partial charge in [0, 0.05) is 47.1 Å². The summed E-state index contributed by atoms with van der Waals surface area (Å²) in [5.74, 6) is 0. The molecule has 0 amide bonds. The van der Waals surface area contributed by atoms with Crippen LogP contribution in [0.2, 0.25) is 0 Å². The summed E-state index contributed by atoms with van der Waals surface area (Å²) in [7, 11) is 0. The SMILES string of the molecule is CC1(C)c2ccccc2-c2cc(-c3ccc4c(c3)c3cccc5c6cc7cc8sc9ccccc9c8cc7cc6n4c35)ccc21. The predicted molar refractivity (Wildman–Crippen MR) is 194 cm³/mol. The van der Waals surface area contributed by atoms with Crippen LogP contribution < -0.4 is 0 Å². The van der Waals surface area contributed by atoms with Crippen molar-refractivity contribution in [1.29, 1.82) is 0 Å². The first-order chi connectivity index (χ1) is 22.0. The summed E-state index contributed by atoms with van der Waals surface area (Å²) in [4.78, 5) is 0. The van der Waals surface area contributed by atoms with Crippen LogP contribution in [0, 0.1) is 0 Å². The molecule has 3 aromatic heterocycles. The molecule has 2 heteroatoms. The molecule has 0 N–H and O–H groups in total. The zero-order valence-corrected chi connectivity index (χ0v) is 25.8. The highest BCUT2D eigenvalue weighted by molar-refractivity contribution is 7.25. The fraction of sp³-hybridized carbons (Fsp3) is 0.0698. The zero-order chi connectivity index (χ0) is 29.6. The van der Waals surface area contributed by atoms with Crippen molar-refractivity contribution in [2.45, 2.75) is 19.3 Å². The van der Waals surface area contributed by atoms with Crippen molar-refractivity contribution in [1.82, 2.24) is 4.40 Å². The van der Waals surface area contributed by atoms with Crippen LogP contribution in [0.4, 0.5) is 0 Å². The molecular formula is C43H27NS. The first-order valence-corrected chi connectivity index (χ1v) is 16.6. The molecule has 1 nitrogen and oxygen atoms in total. The lowest BCUT2D eigenvalue weighted by molar-refractivity contribution is 0.660. The number of hydrogen-bond acceptors (Lipinski definition) is 1. The smallest absolute Gasteiger partial charge is 0.0620 e. The molecule has 1 aliphatic rings. The first kappa shape index (κ1) is 24.2. The van der Waals surface area contributed by atoms with Gasteiger partial charge in [-0.1, -0.05) is 92.7 Å². The van der Waals surface area contributed by atoms with Crippen LogP contribution in [0.5, 0.6) is 0 Å². The summed E-state index contributed by atoms with van der Waals surface area (Å²) < 4.78 is 5.22. The maximum atomic E-state index is 2.51. The molecule has 1 aliphatic carbocycles. The Kier molecular flexibility index (Phi) is 4.35. The van der Waals surface area contributed by atoms with Crippen LogP contribution in [-0.4, -0.2) is 4.40 Å². The van der Waals surface area contributed by atoms with Gasteiger partial charge in [0.1, 0.15) is 0 Å². The number of fused-ring (bicyclic) bond motifs is 13. The van der Waals surface area contributed by atoms with E-state index in [1.165, 1.54) is 102 Å². The normalized spacial score (nSPS) is 14.2. The van der Waals surface area contributed by atoms with E-state index in [0.717, 1.165) is 0 Å². The summed E-state index contributed by atoms with van der Waals surface area (Å²) in [5, 5.41) is 10.6. The van der Waals surface area contributed by atoms with Gasteiger partial charge in [-0.3, -0.25) is 0 Å². The highest BCUT2D eigenvalue weighted by atomic mass is 32.1. The molecule has 10 aromatic rings. The number of aromatic nitrogens is 1. The van der Waals surface area contributed by atoms with E-state index in [0.29, 0.717) is 0 Å². The number of hydrogen-bond donors (Lipinski definition) is 0. The van der Waals surface area contributed by atoms with Gasteiger partial charge in [0.2, 0.25) is 0 Å². The van der Waals surface area contributed by atoms with Gasteiger partial charge in [-0.25, -0.2) is 0 Å². The van der Waals surface area contributed by atoms with Crippen LogP contribution in [-0.2, 0) is 5.41 Å². The molecule has 210 valence electrons. The second-order valence-corrected chi connectivity index (χ2v) is 14.4. The van der Waals surface area contributed by atoms with Crippen LogP contribution in [0.3, 0.4) is 0 Å². The molecule has 0 spiro atoms. The molecule has 0 saturated carbocycles. The Morgan fingerprint density at radius 1 is 0.467 bits per heavy atom. The number of rotatable bonds is 1. The van der Waals surface area contributed by atoms with E-state index in [1.807, 2.05) is 11.3 Å². The second-order valence-electron chi connectivity index (χ2n) is 13.4. The topological polar surface area (TPSA) is 4.41 Å². The molecule has 0 bridgehead atoms. The Bertz CT molecular complexity index is 2900. The monoisotopic (exact) mass is 589 g/mol. The van der Waals surface area contributed by atoms with Crippen molar-refractivity contribution in [3.8, 4) is 22.3 Å². The Balaban J connectivity index is 1.15. The molecule has 0 fully saturated rings. The highest BCUT2D eigenvalue weighted by Gasteiger charge is 2.35. The molecule has 0 saturated heterocycles. The van der Waals surface area contributed by atoms with Gasteiger partial charge in [0.25, 0.3) is 0 Å². The van der Waals surface area contributed by atoms with E-state index in [-0.39, 0.29) is 5.41 Å². The Morgan fingerprint density at radius 2 is 1.16 bits per heavy atom. The fourth-order valence-corrected chi connectivity index (χ4v) is 9.66. The average Bonchev–Trinajstić information content (AvgIpc) is 3.77. The lowest BCUT2D eigenvalue weighted by atomic mass is 9.82. The van der Waals surface area contributed by atoms with Gasteiger partial charge in [0.15, 0.2) is 0 Å². The number of thiophene rings is 1. The van der Waals surface area contributed by atoms with Crippen molar-refractivity contribution >= 4 is 80.4 Å². The minimum Gasteiger partial charge on any atom is -0.308 e. The molecular weight excluding hydrogens is 563 g/mol. The third-order valence-electron chi connectivity index (χ3n) is 10.7. The maximum absolute atomic E-state index is 2.51. The molecule has 7 aromatic carbocycles.